The normalized spacial score (nSPS) is 14.4. The van der Waals surface area contributed by atoms with E-state index in [1.54, 1.807) is 48.1 Å². The average molecular weight is 545 g/mol. The van der Waals surface area contributed by atoms with Gasteiger partial charge in [-0.2, -0.15) is 13.2 Å². The molecule has 5 rings (SSSR count). The molecular weight excluding hydrogens is 521 g/mol. The molecule has 8 nitrogen and oxygen atoms in total. The second kappa shape index (κ2) is 10.5. The number of imidazole rings is 1. The Bertz CT molecular complexity index is 1480. The van der Waals surface area contributed by atoms with Crippen molar-refractivity contribution in [2.75, 3.05) is 23.7 Å². The van der Waals surface area contributed by atoms with Gasteiger partial charge in [0.2, 0.25) is 11.9 Å². The monoisotopic (exact) mass is 544 g/mol. The molecule has 1 fully saturated rings. The minimum Gasteiger partial charge on any atom is -0.457 e. The predicted molar refractivity (Wildman–Crippen MR) is 139 cm³/mol. The van der Waals surface area contributed by atoms with Gasteiger partial charge in [-0.05, 0) is 62.3 Å². The van der Waals surface area contributed by atoms with Crippen molar-refractivity contribution in [2.45, 2.75) is 19.0 Å². The summed E-state index contributed by atoms with van der Waals surface area (Å²) in [5.74, 6) is 1.61. The highest BCUT2D eigenvalue weighted by atomic mass is 35.5. The number of alkyl halides is 3. The maximum atomic E-state index is 13.2. The second-order valence-electron chi connectivity index (χ2n) is 8.95. The summed E-state index contributed by atoms with van der Waals surface area (Å²) < 4.78 is 47.4. The number of nitrogens with one attached hydrogen (secondary N) is 3. The fraction of sp³-hybridized carbons (Fsp3) is 0.269. The zero-order valence-electron chi connectivity index (χ0n) is 20.3. The quantitative estimate of drug-likeness (QED) is 0.271. The molecule has 0 atom stereocenters. The van der Waals surface area contributed by atoms with Crippen molar-refractivity contribution in [3.8, 4) is 11.5 Å². The molecule has 0 spiro atoms. The lowest BCUT2D eigenvalue weighted by Gasteiger charge is -2.21. The Morgan fingerprint density at radius 1 is 1.11 bits per heavy atom. The molecule has 4 aromatic rings. The van der Waals surface area contributed by atoms with Crippen LogP contribution in [0.3, 0.4) is 0 Å². The molecule has 2 aromatic carbocycles. The third kappa shape index (κ3) is 5.68. The lowest BCUT2D eigenvalue weighted by Crippen LogP contribution is -2.34. The smallest absolute Gasteiger partial charge is 0.417 e. The van der Waals surface area contributed by atoms with Crippen LogP contribution in [0.4, 0.5) is 30.6 Å². The molecule has 3 heterocycles. The van der Waals surface area contributed by atoms with Crippen LogP contribution in [0.1, 0.15) is 18.4 Å². The molecule has 1 aliphatic rings. The summed E-state index contributed by atoms with van der Waals surface area (Å²) in [6.45, 7) is 1.63. The minimum absolute atomic E-state index is 0.0510. The predicted octanol–water partition coefficient (Wildman–Crippen LogP) is 6.11. The van der Waals surface area contributed by atoms with Crippen molar-refractivity contribution in [3.63, 3.8) is 0 Å². The van der Waals surface area contributed by atoms with Gasteiger partial charge in [-0.25, -0.2) is 9.97 Å². The van der Waals surface area contributed by atoms with Gasteiger partial charge in [0.15, 0.2) is 0 Å². The van der Waals surface area contributed by atoms with Crippen LogP contribution in [-0.4, -0.2) is 33.5 Å². The SMILES string of the molecule is Cn1c(Nc2ccc(Cl)c(C(F)(F)F)c2)nc2cc(Oc3ccnc(NC(=O)C4CCNCC4)c3)ccc21. The summed E-state index contributed by atoms with van der Waals surface area (Å²) in [7, 11) is 1.75. The van der Waals surface area contributed by atoms with Gasteiger partial charge in [-0.1, -0.05) is 11.6 Å². The van der Waals surface area contributed by atoms with Gasteiger partial charge < -0.3 is 25.3 Å². The van der Waals surface area contributed by atoms with Crippen molar-refractivity contribution < 1.29 is 22.7 Å². The van der Waals surface area contributed by atoms with Gasteiger partial charge >= 0.3 is 6.18 Å². The Hall–Kier alpha value is -3.83. The highest BCUT2D eigenvalue weighted by molar-refractivity contribution is 6.31. The number of aryl methyl sites for hydroxylation is 1. The number of anilines is 3. The Balaban J connectivity index is 1.32. The number of carbonyl (C=O) groups excluding carboxylic acids is 1. The molecule has 1 aliphatic heterocycles. The van der Waals surface area contributed by atoms with E-state index in [0.717, 1.165) is 37.5 Å². The average Bonchev–Trinajstić information content (AvgIpc) is 3.19. The van der Waals surface area contributed by atoms with Crippen molar-refractivity contribution in [1.29, 1.82) is 0 Å². The van der Waals surface area contributed by atoms with E-state index in [4.69, 9.17) is 16.3 Å². The topological polar surface area (TPSA) is 93.1 Å². The van der Waals surface area contributed by atoms with Gasteiger partial charge in [0.1, 0.15) is 17.3 Å². The van der Waals surface area contributed by atoms with Crippen molar-refractivity contribution >= 4 is 46.0 Å². The second-order valence-corrected chi connectivity index (χ2v) is 9.36. The van der Waals surface area contributed by atoms with Crippen LogP contribution >= 0.6 is 11.6 Å². The number of benzene rings is 2. The van der Waals surface area contributed by atoms with Crippen LogP contribution in [0, 0.1) is 5.92 Å². The van der Waals surface area contributed by atoms with Crippen LogP contribution in [0.15, 0.2) is 54.7 Å². The zero-order chi connectivity index (χ0) is 26.9. The molecule has 0 radical (unpaired) electrons. The maximum Gasteiger partial charge on any atom is 0.417 e. The lowest BCUT2D eigenvalue weighted by atomic mass is 9.97. The van der Waals surface area contributed by atoms with Gasteiger partial charge in [-0.15, -0.1) is 0 Å². The number of rotatable bonds is 6. The van der Waals surface area contributed by atoms with E-state index in [0.29, 0.717) is 28.8 Å². The van der Waals surface area contributed by atoms with Crippen LogP contribution in [0.25, 0.3) is 11.0 Å². The number of pyridine rings is 1. The Labute approximate surface area is 221 Å². The van der Waals surface area contributed by atoms with Crippen molar-refractivity contribution in [2.24, 2.45) is 13.0 Å². The van der Waals surface area contributed by atoms with Crippen LogP contribution in [0.5, 0.6) is 11.5 Å². The van der Waals surface area contributed by atoms with E-state index in [-0.39, 0.29) is 22.5 Å². The van der Waals surface area contributed by atoms with Gasteiger partial charge in [0.05, 0.1) is 21.6 Å². The standard InChI is InChI=1S/C26H24ClF3N6O2/c1-36-22-5-3-17(38-18-8-11-32-23(14-18)35-24(37)15-6-9-31-10-7-15)13-21(22)34-25(36)33-16-2-4-20(27)19(12-16)26(28,29)30/h2-5,8,11-15,31H,6-7,9-10H2,1H3,(H,33,34)(H,32,35,37). The number of amides is 1. The third-order valence-corrected chi connectivity index (χ3v) is 6.64. The third-order valence-electron chi connectivity index (χ3n) is 6.31. The van der Waals surface area contributed by atoms with E-state index in [2.05, 4.69) is 25.9 Å². The molecule has 198 valence electrons. The van der Waals surface area contributed by atoms with E-state index >= 15 is 0 Å². The van der Waals surface area contributed by atoms with E-state index in [1.165, 1.54) is 12.1 Å². The largest absolute Gasteiger partial charge is 0.457 e. The number of ether oxygens (including phenoxy) is 1. The van der Waals surface area contributed by atoms with Crippen molar-refractivity contribution in [3.05, 3.63) is 65.3 Å². The molecule has 0 saturated carbocycles. The summed E-state index contributed by atoms with van der Waals surface area (Å²) in [5.41, 5.74) is 0.593. The summed E-state index contributed by atoms with van der Waals surface area (Å²) in [6, 6.07) is 12.2. The molecule has 12 heteroatoms. The number of fused-ring (bicyclic) bond motifs is 1. The number of piperidine rings is 1. The first-order valence-electron chi connectivity index (χ1n) is 11.9. The number of hydrogen-bond donors (Lipinski definition) is 3. The molecule has 1 saturated heterocycles. The molecule has 2 aromatic heterocycles. The number of nitrogens with zero attached hydrogens (tertiary/aromatic N) is 3. The summed E-state index contributed by atoms with van der Waals surface area (Å²) in [5, 5.41) is 8.64. The number of hydrogen-bond acceptors (Lipinski definition) is 6. The van der Waals surface area contributed by atoms with E-state index in [9.17, 15) is 18.0 Å². The number of aromatic nitrogens is 3. The van der Waals surface area contributed by atoms with E-state index < -0.39 is 11.7 Å². The highest BCUT2D eigenvalue weighted by Crippen LogP contribution is 2.37. The first kappa shape index (κ1) is 25.8. The maximum absolute atomic E-state index is 13.2. The first-order chi connectivity index (χ1) is 18.2. The number of halogens is 4. The van der Waals surface area contributed by atoms with Crippen molar-refractivity contribution in [1.82, 2.24) is 19.9 Å². The fourth-order valence-corrected chi connectivity index (χ4v) is 4.52. The molecule has 0 unspecified atom stereocenters. The van der Waals surface area contributed by atoms with E-state index in [1.807, 2.05) is 0 Å². The first-order valence-corrected chi connectivity index (χ1v) is 12.3. The van der Waals surface area contributed by atoms with Crippen LogP contribution in [-0.2, 0) is 18.0 Å². The van der Waals surface area contributed by atoms with Gasteiger partial charge in [0, 0.05) is 37.0 Å². The number of carbonyl (C=O) groups is 1. The molecule has 0 aliphatic carbocycles. The molecule has 3 N–H and O–H groups in total. The molecular formula is C26H24ClF3N6O2. The van der Waals surface area contributed by atoms with Crippen LogP contribution < -0.4 is 20.7 Å². The lowest BCUT2D eigenvalue weighted by molar-refractivity contribution is -0.137. The van der Waals surface area contributed by atoms with Crippen LogP contribution in [0.2, 0.25) is 5.02 Å². The minimum atomic E-state index is -4.57. The summed E-state index contributed by atoms with van der Waals surface area (Å²) >= 11 is 5.72. The Morgan fingerprint density at radius 2 is 1.87 bits per heavy atom. The molecule has 0 bridgehead atoms. The van der Waals surface area contributed by atoms with Gasteiger partial charge in [-0.3, -0.25) is 4.79 Å². The molecule has 1 amide bonds. The fourth-order valence-electron chi connectivity index (χ4n) is 4.30. The summed E-state index contributed by atoms with van der Waals surface area (Å²) in [6.07, 6.45) is -1.46. The zero-order valence-corrected chi connectivity index (χ0v) is 21.0. The summed E-state index contributed by atoms with van der Waals surface area (Å²) in [4.78, 5) is 21.3. The van der Waals surface area contributed by atoms with Gasteiger partial charge in [0.25, 0.3) is 0 Å². The Morgan fingerprint density at radius 3 is 2.63 bits per heavy atom. The Kier molecular flexibility index (Phi) is 7.13. The highest BCUT2D eigenvalue weighted by Gasteiger charge is 2.33. The molecule has 38 heavy (non-hydrogen) atoms.